The summed E-state index contributed by atoms with van der Waals surface area (Å²) in [4.78, 5) is 0. The lowest BCUT2D eigenvalue weighted by Gasteiger charge is -2.43. The van der Waals surface area contributed by atoms with Crippen LogP contribution in [-0.4, -0.2) is 161 Å². The molecular formula is C43H86ClNO12. The molecule has 0 bridgehead atoms. The molecule has 13 nitrogen and oxygen atoms in total. The van der Waals surface area contributed by atoms with Gasteiger partial charge in [0.2, 0.25) is 0 Å². The lowest BCUT2D eigenvalue weighted by molar-refractivity contribution is -0.893. The average Bonchev–Trinajstić information content (AvgIpc) is 3.17. The number of aliphatic hydroxyl groups excluding tert-OH is 7. The van der Waals surface area contributed by atoms with E-state index in [1.807, 2.05) is 0 Å². The standard InChI is InChI=1S/C43H86NO12.ClH/c1-5-7-9-11-13-15-17-18-19-21-23-25-27-44(3,4)29-33(45)30-52-31-34-36(46)38(48)41(51)43(55-34)54-32-35-37(47)39(49)40(50)42(56-35)53-28-26-24-22-20-16-14-12-10-8-6-2;/h33-43,45-51H,5-32H2,1-4H3;1H/q+1;/p-1/t33?,34-,35-,36-,37-,38+,39+,40-,41-,42-,43+;/m1./s1. The van der Waals surface area contributed by atoms with E-state index in [-0.39, 0.29) is 32.2 Å². The van der Waals surface area contributed by atoms with E-state index in [9.17, 15) is 35.7 Å². The van der Waals surface area contributed by atoms with Crippen molar-refractivity contribution in [2.24, 2.45) is 0 Å². The van der Waals surface area contributed by atoms with E-state index in [1.165, 1.54) is 116 Å². The number of halogens is 1. The van der Waals surface area contributed by atoms with Gasteiger partial charge in [0.05, 0.1) is 40.5 Å². The number of hydrogen-bond donors (Lipinski definition) is 7. The molecule has 2 heterocycles. The van der Waals surface area contributed by atoms with Crippen LogP contribution in [0.3, 0.4) is 0 Å². The molecular weight excluding hydrogens is 758 g/mol. The number of nitrogens with zero attached hydrogens (tertiary/aromatic N) is 1. The van der Waals surface area contributed by atoms with Crippen molar-refractivity contribution >= 4 is 0 Å². The normalized spacial score (nSPS) is 28.7. The van der Waals surface area contributed by atoms with Crippen LogP contribution in [0.15, 0.2) is 0 Å². The van der Waals surface area contributed by atoms with Gasteiger partial charge in [-0.1, -0.05) is 136 Å². The van der Waals surface area contributed by atoms with Crippen molar-refractivity contribution in [1.82, 2.24) is 0 Å². The van der Waals surface area contributed by atoms with Gasteiger partial charge in [0, 0.05) is 6.61 Å². The molecule has 0 spiro atoms. The van der Waals surface area contributed by atoms with Gasteiger partial charge in [0.1, 0.15) is 61.5 Å². The van der Waals surface area contributed by atoms with Gasteiger partial charge in [-0.05, 0) is 19.3 Å². The second-order valence-corrected chi connectivity index (χ2v) is 17.3. The second-order valence-electron chi connectivity index (χ2n) is 17.3. The highest BCUT2D eigenvalue weighted by atomic mass is 35.5. The first kappa shape index (κ1) is 54.8. The molecule has 2 aliphatic heterocycles. The maximum absolute atomic E-state index is 10.7. The largest absolute Gasteiger partial charge is 1.00 e. The summed E-state index contributed by atoms with van der Waals surface area (Å²) < 4.78 is 29.3. The fourth-order valence-electron chi connectivity index (χ4n) is 7.78. The average molecular weight is 845 g/mol. The smallest absolute Gasteiger partial charge is 0.186 e. The first-order valence-corrected chi connectivity index (χ1v) is 22.6. The Bertz CT molecular complexity index is 941. The maximum Gasteiger partial charge on any atom is 0.186 e. The van der Waals surface area contributed by atoms with Crippen LogP contribution in [0.1, 0.15) is 155 Å². The van der Waals surface area contributed by atoms with Crippen LogP contribution in [0.4, 0.5) is 0 Å². The minimum absolute atomic E-state index is 0. The maximum atomic E-state index is 10.7. The third-order valence-electron chi connectivity index (χ3n) is 11.5. The van der Waals surface area contributed by atoms with Gasteiger partial charge < -0.3 is 76.3 Å². The van der Waals surface area contributed by atoms with Gasteiger partial charge in [-0.3, -0.25) is 0 Å². The molecule has 11 atom stereocenters. The van der Waals surface area contributed by atoms with Crippen molar-refractivity contribution in [3.05, 3.63) is 0 Å². The highest BCUT2D eigenvalue weighted by Gasteiger charge is 2.47. The molecule has 1 unspecified atom stereocenters. The van der Waals surface area contributed by atoms with Crippen molar-refractivity contribution in [3.8, 4) is 0 Å². The SMILES string of the molecule is CCCCCCCCCCCCCC[N+](C)(C)CC(O)COC[C@H]1O[C@H](OC[C@H]2O[C@@H](OCCCCCCCCCCCC)[C@H](O)[C@@H](O)[C@@H]2O)[C@H](O)[C@@H](O)[C@@H]1O.[Cl-]. The summed E-state index contributed by atoms with van der Waals surface area (Å²) in [6.07, 6.45) is 12.4. The molecule has 0 saturated carbocycles. The fourth-order valence-corrected chi connectivity index (χ4v) is 7.78. The minimum atomic E-state index is -1.62. The van der Waals surface area contributed by atoms with Crippen LogP contribution in [0, 0.1) is 0 Å². The molecule has 0 radical (unpaired) electrons. The Hall–Kier alpha value is -0.230. The monoisotopic (exact) mass is 844 g/mol. The summed E-state index contributed by atoms with van der Waals surface area (Å²) in [5, 5.41) is 74.1. The number of quaternary nitrogens is 1. The van der Waals surface area contributed by atoms with E-state index in [1.54, 1.807) is 0 Å². The quantitative estimate of drug-likeness (QED) is 0.0368. The van der Waals surface area contributed by atoms with E-state index < -0.39 is 67.5 Å². The predicted molar refractivity (Wildman–Crippen MR) is 217 cm³/mol. The summed E-state index contributed by atoms with van der Waals surface area (Å²) in [6.45, 7) is 5.69. The van der Waals surface area contributed by atoms with Crippen molar-refractivity contribution in [2.45, 2.75) is 223 Å². The third-order valence-corrected chi connectivity index (χ3v) is 11.5. The summed E-state index contributed by atoms with van der Waals surface area (Å²) in [5.74, 6) is 0. The lowest BCUT2D eigenvalue weighted by atomic mass is 9.98. The molecule has 0 aromatic rings. The zero-order valence-corrected chi connectivity index (χ0v) is 36.9. The zero-order chi connectivity index (χ0) is 41.2. The van der Waals surface area contributed by atoms with Gasteiger partial charge in [-0.15, -0.1) is 0 Å². The lowest BCUT2D eigenvalue weighted by Crippen LogP contribution is -3.00. The van der Waals surface area contributed by atoms with Crippen LogP contribution in [0.2, 0.25) is 0 Å². The fraction of sp³-hybridized carbons (Fsp3) is 1.00. The van der Waals surface area contributed by atoms with Crippen LogP contribution < -0.4 is 12.4 Å². The first-order valence-electron chi connectivity index (χ1n) is 22.6. The molecule has 0 amide bonds. The van der Waals surface area contributed by atoms with Crippen LogP contribution in [0.5, 0.6) is 0 Å². The first-order chi connectivity index (χ1) is 26.9. The molecule has 2 rings (SSSR count). The number of unbranched alkanes of at least 4 members (excludes halogenated alkanes) is 20. The topological polar surface area (TPSA) is 188 Å². The molecule has 0 aliphatic carbocycles. The molecule has 342 valence electrons. The number of likely N-dealkylation sites (N-methyl/N-ethyl adjacent to an activating group) is 1. The molecule has 2 aliphatic rings. The van der Waals surface area contributed by atoms with Crippen LogP contribution in [0.25, 0.3) is 0 Å². The van der Waals surface area contributed by atoms with Crippen LogP contribution >= 0.6 is 0 Å². The van der Waals surface area contributed by atoms with Crippen molar-refractivity contribution in [1.29, 1.82) is 0 Å². The second kappa shape index (κ2) is 32.5. The van der Waals surface area contributed by atoms with Crippen molar-refractivity contribution in [2.75, 3.05) is 53.6 Å². The zero-order valence-electron chi connectivity index (χ0n) is 36.1. The Kier molecular flexibility index (Phi) is 31.2. The highest BCUT2D eigenvalue weighted by Crippen LogP contribution is 2.27. The molecule has 0 aromatic carbocycles. The van der Waals surface area contributed by atoms with Gasteiger partial charge in [0.15, 0.2) is 12.6 Å². The highest BCUT2D eigenvalue weighted by molar-refractivity contribution is 4.92. The van der Waals surface area contributed by atoms with Gasteiger partial charge in [0.25, 0.3) is 0 Å². The van der Waals surface area contributed by atoms with Gasteiger partial charge in [-0.2, -0.15) is 0 Å². The summed E-state index contributed by atoms with van der Waals surface area (Å²) in [7, 11) is 4.18. The summed E-state index contributed by atoms with van der Waals surface area (Å²) >= 11 is 0. The van der Waals surface area contributed by atoms with E-state index in [0.717, 1.165) is 32.2 Å². The Labute approximate surface area is 351 Å². The van der Waals surface area contributed by atoms with E-state index in [2.05, 4.69) is 27.9 Å². The van der Waals surface area contributed by atoms with Gasteiger partial charge in [-0.25, -0.2) is 0 Å². The van der Waals surface area contributed by atoms with E-state index in [0.29, 0.717) is 17.6 Å². The number of aliphatic hydroxyl groups is 7. The third kappa shape index (κ3) is 23.0. The van der Waals surface area contributed by atoms with E-state index >= 15 is 0 Å². The molecule has 7 N–H and O–H groups in total. The molecule has 57 heavy (non-hydrogen) atoms. The molecule has 14 heteroatoms. The Morgan fingerprint density at radius 1 is 0.491 bits per heavy atom. The number of rotatable bonds is 34. The summed E-state index contributed by atoms with van der Waals surface area (Å²) in [5.41, 5.74) is 0. The number of hydrogen-bond acceptors (Lipinski definition) is 12. The Balaban J connectivity index is 0.0000162. The predicted octanol–water partition coefficient (Wildman–Crippen LogP) is 1.71. The minimum Gasteiger partial charge on any atom is -1.00 e. The molecule has 2 saturated heterocycles. The van der Waals surface area contributed by atoms with E-state index in [4.69, 9.17) is 23.7 Å². The van der Waals surface area contributed by atoms with Crippen molar-refractivity contribution < 1.29 is 76.3 Å². The molecule has 0 aromatic heterocycles. The Morgan fingerprint density at radius 3 is 1.33 bits per heavy atom. The Morgan fingerprint density at radius 2 is 0.877 bits per heavy atom. The molecule has 2 fully saturated rings. The van der Waals surface area contributed by atoms with Crippen LogP contribution in [-0.2, 0) is 23.7 Å². The van der Waals surface area contributed by atoms with Crippen molar-refractivity contribution in [3.63, 3.8) is 0 Å². The number of ether oxygens (including phenoxy) is 5. The summed E-state index contributed by atoms with van der Waals surface area (Å²) in [6, 6.07) is 0. The van der Waals surface area contributed by atoms with Gasteiger partial charge >= 0.3 is 0 Å².